The van der Waals surface area contributed by atoms with Gasteiger partial charge in [0, 0.05) is 19.2 Å². The van der Waals surface area contributed by atoms with Gasteiger partial charge in [-0.05, 0) is 30.3 Å². The van der Waals surface area contributed by atoms with Crippen LogP contribution in [0.4, 0.5) is 4.39 Å². The molecule has 22 heavy (non-hydrogen) atoms. The summed E-state index contributed by atoms with van der Waals surface area (Å²) in [5, 5.41) is 8.70. The molecule has 0 fully saturated rings. The Morgan fingerprint density at radius 2 is 1.91 bits per heavy atom. The molecule has 0 bridgehead atoms. The number of carbonyl (C=O) groups is 1. The second-order valence-corrected chi connectivity index (χ2v) is 4.77. The third-order valence-electron chi connectivity index (χ3n) is 3.14. The van der Waals surface area contributed by atoms with Crippen molar-refractivity contribution in [1.82, 2.24) is 4.90 Å². The minimum atomic E-state index is -0.338. The van der Waals surface area contributed by atoms with E-state index in [2.05, 4.69) is 0 Å². The van der Waals surface area contributed by atoms with Crippen molar-refractivity contribution in [3.8, 4) is 11.8 Å². The number of ether oxygens (including phenoxy) is 1. The van der Waals surface area contributed by atoms with Gasteiger partial charge in [0.1, 0.15) is 11.6 Å². The average Bonchev–Trinajstić information content (AvgIpc) is 2.55. The number of carbonyl (C=O) groups excluding carboxylic acids is 1. The monoisotopic (exact) mass is 298 g/mol. The molecule has 2 aromatic carbocycles. The molecular weight excluding hydrogens is 283 g/mol. The van der Waals surface area contributed by atoms with E-state index in [1.807, 2.05) is 6.07 Å². The third kappa shape index (κ3) is 4.06. The number of amides is 1. The molecule has 0 N–H and O–H groups in total. The van der Waals surface area contributed by atoms with Crippen LogP contribution in [0.15, 0.2) is 48.5 Å². The topological polar surface area (TPSA) is 53.3 Å². The van der Waals surface area contributed by atoms with Gasteiger partial charge >= 0.3 is 0 Å². The van der Waals surface area contributed by atoms with Crippen molar-refractivity contribution >= 4 is 5.91 Å². The van der Waals surface area contributed by atoms with Crippen molar-refractivity contribution in [2.75, 3.05) is 13.7 Å². The van der Waals surface area contributed by atoms with Crippen LogP contribution in [-0.2, 0) is 11.3 Å². The van der Waals surface area contributed by atoms with Crippen molar-refractivity contribution in [3.05, 3.63) is 65.5 Å². The van der Waals surface area contributed by atoms with Crippen LogP contribution < -0.4 is 4.74 Å². The number of benzene rings is 2. The highest BCUT2D eigenvalue weighted by molar-refractivity contribution is 5.77. The lowest BCUT2D eigenvalue weighted by Crippen LogP contribution is -2.31. The highest BCUT2D eigenvalue weighted by Gasteiger charge is 2.12. The maximum Gasteiger partial charge on any atom is 0.260 e. The van der Waals surface area contributed by atoms with E-state index in [0.29, 0.717) is 16.9 Å². The van der Waals surface area contributed by atoms with E-state index in [9.17, 15) is 9.18 Å². The molecule has 1 amide bonds. The molecule has 0 heterocycles. The van der Waals surface area contributed by atoms with Gasteiger partial charge in [-0.3, -0.25) is 4.79 Å². The van der Waals surface area contributed by atoms with Gasteiger partial charge in [-0.25, -0.2) is 4.39 Å². The summed E-state index contributed by atoms with van der Waals surface area (Å²) in [5.74, 6) is -0.0885. The lowest BCUT2D eigenvalue weighted by molar-refractivity contribution is -0.132. The predicted octanol–water partition coefficient (Wildman–Crippen LogP) is 2.73. The molecule has 0 spiro atoms. The number of nitrogens with zero attached hydrogens (tertiary/aromatic N) is 2. The maximum absolute atomic E-state index is 13.5. The molecule has 0 saturated carbocycles. The van der Waals surface area contributed by atoms with Crippen LogP contribution in [0, 0.1) is 17.1 Å². The van der Waals surface area contributed by atoms with Gasteiger partial charge < -0.3 is 9.64 Å². The standard InChI is InChI=1S/C17H15FN2O2/c1-20(11-14-4-2-3-5-16(14)18)17(21)12-22-15-8-6-13(10-19)7-9-15/h2-9H,11-12H2,1H3. The van der Waals surface area contributed by atoms with Crippen LogP contribution >= 0.6 is 0 Å². The summed E-state index contributed by atoms with van der Waals surface area (Å²) < 4.78 is 18.9. The minimum Gasteiger partial charge on any atom is -0.484 e. The fourth-order valence-electron chi connectivity index (χ4n) is 1.85. The molecule has 0 unspecified atom stereocenters. The summed E-state index contributed by atoms with van der Waals surface area (Å²) >= 11 is 0. The van der Waals surface area contributed by atoms with Crippen molar-refractivity contribution < 1.29 is 13.9 Å². The first kappa shape index (κ1) is 15.5. The molecule has 0 atom stereocenters. The molecule has 0 aliphatic rings. The zero-order valence-corrected chi connectivity index (χ0v) is 12.1. The fourth-order valence-corrected chi connectivity index (χ4v) is 1.85. The van der Waals surface area contributed by atoms with Crippen molar-refractivity contribution in [2.24, 2.45) is 0 Å². The van der Waals surface area contributed by atoms with Crippen LogP contribution in [0.3, 0.4) is 0 Å². The van der Waals surface area contributed by atoms with E-state index in [0.717, 1.165) is 0 Å². The zero-order chi connectivity index (χ0) is 15.9. The molecule has 112 valence electrons. The van der Waals surface area contributed by atoms with Crippen molar-refractivity contribution in [2.45, 2.75) is 6.54 Å². The molecule has 0 radical (unpaired) electrons. The largest absolute Gasteiger partial charge is 0.484 e. The Balaban J connectivity index is 1.88. The van der Waals surface area contributed by atoms with E-state index >= 15 is 0 Å². The van der Waals surface area contributed by atoms with Gasteiger partial charge in [-0.15, -0.1) is 0 Å². The summed E-state index contributed by atoms with van der Waals surface area (Å²) in [4.78, 5) is 13.4. The number of halogens is 1. The summed E-state index contributed by atoms with van der Waals surface area (Å²) in [5.41, 5.74) is 0.979. The fraction of sp³-hybridized carbons (Fsp3) is 0.176. The summed E-state index contributed by atoms with van der Waals surface area (Å²) in [6.45, 7) is 0.0408. The highest BCUT2D eigenvalue weighted by atomic mass is 19.1. The van der Waals surface area contributed by atoms with Crippen LogP contribution in [0.2, 0.25) is 0 Å². The molecule has 2 rings (SSSR count). The number of nitriles is 1. The van der Waals surface area contributed by atoms with Gasteiger partial charge in [0.2, 0.25) is 0 Å². The molecule has 5 heteroatoms. The van der Waals surface area contributed by atoms with Crippen LogP contribution in [0.1, 0.15) is 11.1 Å². The molecule has 0 aromatic heterocycles. The smallest absolute Gasteiger partial charge is 0.260 e. The van der Waals surface area contributed by atoms with Gasteiger partial charge in [0.25, 0.3) is 5.91 Å². The van der Waals surface area contributed by atoms with E-state index in [1.54, 1.807) is 49.5 Å². The van der Waals surface area contributed by atoms with Gasteiger partial charge in [-0.1, -0.05) is 18.2 Å². The zero-order valence-electron chi connectivity index (χ0n) is 12.1. The summed E-state index contributed by atoms with van der Waals surface area (Å²) in [6.07, 6.45) is 0. The first-order valence-corrected chi connectivity index (χ1v) is 6.70. The Kier molecular flexibility index (Phi) is 5.10. The molecule has 0 saturated heterocycles. The lowest BCUT2D eigenvalue weighted by atomic mass is 10.2. The minimum absolute atomic E-state index is 0.142. The van der Waals surface area contributed by atoms with Crippen molar-refractivity contribution in [3.63, 3.8) is 0 Å². The highest BCUT2D eigenvalue weighted by Crippen LogP contribution is 2.12. The molecule has 0 aliphatic heterocycles. The Hall–Kier alpha value is -2.87. The molecule has 2 aromatic rings. The first-order valence-electron chi connectivity index (χ1n) is 6.70. The van der Waals surface area contributed by atoms with E-state index in [1.165, 1.54) is 11.0 Å². The van der Waals surface area contributed by atoms with E-state index in [4.69, 9.17) is 10.00 Å². The number of hydrogen-bond acceptors (Lipinski definition) is 3. The van der Waals surface area contributed by atoms with Gasteiger partial charge in [0.05, 0.1) is 11.6 Å². The quantitative estimate of drug-likeness (QED) is 0.853. The van der Waals surface area contributed by atoms with Crippen molar-refractivity contribution in [1.29, 1.82) is 5.26 Å². The number of rotatable bonds is 5. The Morgan fingerprint density at radius 3 is 2.55 bits per heavy atom. The van der Waals surface area contributed by atoms with Gasteiger partial charge in [0.15, 0.2) is 6.61 Å². The Labute approximate surface area is 128 Å². The van der Waals surface area contributed by atoms with Crippen LogP contribution in [-0.4, -0.2) is 24.5 Å². The average molecular weight is 298 g/mol. The third-order valence-corrected chi connectivity index (χ3v) is 3.14. The van der Waals surface area contributed by atoms with E-state index < -0.39 is 0 Å². The lowest BCUT2D eigenvalue weighted by Gasteiger charge is -2.18. The van der Waals surface area contributed by atoms with Crippen LogP contribution in [0.5, 0.6) is 5.75 Å². The van der Waals surface area contributed by atoms with Gasteiger partial charge in [-0.2, -0.15) is 5.26 Å². The SMILES string of the molecule is CN(Cc1ccccc1F)C(=O)COc1ccc(C#N)cc1. The van der Waals surface area contributed by atoms with E-state index in [-0.39, 0.29) is 24.9 Å². The normalized spacial score (nSPS) is 9.86. The second-order valence-electron chi connectivity index (χ2n) is 4.77. The molecule has 4 nitrogen and oxygen atoms in total. The first-order chi connectivity index (χ1) is 10.6. The molecular formula is C17H15FN2O2. The second kappa shape index (κ2) is 7.23. The summed E-state index contributed by atoms with van der Waals surface area (Å²) in [7, 11) is 1.59. The Morgan fingerprint density at radius 1 is 1.23 bits per heavy atom. The predicted molar refractivity (Wildman–Crippen MR) is 79.5 cm³/mol. The number of hydrogen-bond donors (Lipinski definition) is 0. The summed E-state index contributed by atoms with van der Waals surface area (Å²) in [6, 6.07) is 14.8. The number of likely N-dealkylation sites (N-methyl/N-ethyl adjacent to an activating group) is 1. The maximum atomic E-state index is 13.5. The van der Waals surface area contributed by atoms with Crippen LogP contribution in [0.25, 0.3) is 0 Å². The molecule has 0 aliphatic carbocycles. The Bertz CT molecular complexity index is 693.